The Morgan fingerprint density at radius 2 is 1.64 bits per heavy atom. The average molecular weight is 443 g/mol. The second kappa shape index (κ2) is 7.81. The van der Waals surface area contributed by atoms with Gasteiger partial charge in [0.05, 0.1) is 6.04 Å². The molecule has 1 aromatic heterocycles. The van der Waals surface area contributed by atoms with Crippen LogP contribution in [0.1, 0.15) is 42.0 Å². The summed E-state index contributed by atoms with van der Waals surface area (Å²) in [5, 5.41) is 13.8. The SMILES string of the molecule is Cc1cc(=O)oc2c1ccc1c(O)c(C(c3ccc4c(c3)OCO4)N3CCCCC3)ccc12. The van der Waals surface area contributed by atoms with Crippen molar-refractivity contribution in [3.63, 3.8) is 0 Å². The van der Waals surface area contributed by atoms with Gasteiger partial charge < -0.3 is 19.0 Å². The summed E-state index contributed by atoms with van der Waals surface area (Å²) in [6.45, 7) is 4.04. The normalized spacial score (nSPS) is 17.0. The van der Waals surface area contributed by atoms with Gasteiger partial charge in [0.2, 0.25) is 6.79 Å². The van der Waals surface area contributed by atoms with Crippen molar-refractivity contribution >= 4 is 21.7 Å². The van der Waals surface area contributed by atoms with E-state index in [1.165, 1.54) is 12.5 Å². The van der Waals surface area contributed by atoms with Crippen LogP contribution in [-0.4, -0.2) is 29.9 Å². The molecule has 6 rings (SSSR count). The van der Waals surface area contributed by atoms with E-state index in [0.29, 0.717) is 11.0 Å². The molecule has 1 unspecified atom stereocenters. The fourth-order valence-electron chi connectivity index (χ4n) is 5.25. The van der Waals surface area contributed by atoms with Gasteiger partial charge >= 0.3 is 5.63 Å². The predicted molar refractivity (Wildman–Crippen MR) is 126 cm³/mol. The molecule has 0 radical (unpaired) electrons. The molecule has 33 heavy (non-hydrogen) atoms. The Kier molecular flexibility index (Phi) is 4.76. The standard InChI is InChI=1S/C27H25NO5/c1-16-13-24(29)33-27-18(16)6-7-19-20(27)8-9-21(26(19)30)25(28-11-3-2-4-12-28)17-5-10-22-23(14-17)32-15-31-22/h5-10,13-14,25,30H,2-4,11-12,15H2,1H3. The van der Waals surface area contributed by atoms with E-state index in [2.05, 4.69) is 11.0 Å². The number of aromatic hydroxyl groups is 1. The van der Waals surface area contributed by atoms with Gasteiger partial charge in [0, 0.05) is 27.8 Å². The van der Waals surface area contributed by atoms with Gasteiger partial charge in [-0.2, -0.15) is 0 Å². The zero-order valence-corrected chi connectivity index (χ0v) is 18.5. The molecule has 3 heterocycles. The Morgan fingerprint density at radius 3 is 2.48 bits per heavy atom. The lowest BCUT2D eigenvalue weighted by molar-refractivity contribution is 0.173. The summed E-state index contributed by atoms with van der Waals surface area (Å²) in [6, 6.07) is 15.1. The van der Waals surface area contributed by atoms with E-state index in [4.69, 9.17) is 13.9 Å². The lowest BCUT2D eigenvalue weighted by Gasteiger charge is -2.35. The van der Waals surface area contributed by atoms with Crippen molar-refractivity contribution in [1.82, 2.24) is 4.90 Å². The highest BCUT2D eigenvalue weighted by Crippen LogP contribution is 2.43. The number of benzene rings is 3. The van der Waals surface area contributed by atoms with Crippen LogP contribution in [0, 0.1) is 6.92 Å². The number of fused-ring (bicyclic) bond motifs is 4. The van der Waals surface area contributed by atoms with Gasteiger partial charge in [-0.05, 0) is 68.2 Å². The van der Waals surface area contributed by atoms with Crippen molar-refractivity contribution in [2.24, 2.45) is 0 Å². The van der Waals surface area contributed by atoms with Crippen LogP contribution < -0.4 is 15.1 Å². The number of likely N-dealkylation sites (tertiary alicyclic amines) is 1. The minimum Gasteiger partial charge on any atom is -0.507 e. The second-order valence-electron chi connectivity index (χ2n) is 8.90. The molecule has 1 N–H and O–H groups in total. The molecule has 0 bridgehead atoms. The van der Waals surface area contributed by atoms with Gasteiger partial charge in [-0.25, -0.2) is 4.79 Å². The van der Waals surface area contributed by atoms with Gasteiger partial charge in [-0.15, -0.1) is 0 Å². The number of phenolic OH excluding ortho intramolecular Hbond substituents is 1. The average Bonchev–Trinajstić information content (AvgIpc) is 3.29. The van der Waals surface area contributed by atoms with Crippen molar-refractivity contribution in [2.45, 2.75) is 32.2 Å². The molecule has 0 saturated carbocycles. The van der Waals surface area contributed by atoms with Gasteiger partial charge in [0.15, 0.2) is 11.5 Å². The molecule has 2 aliphatic rings. The molecule has 6 heteroatoms. The monoisotopic (exact) mass is 443 g/mol. The van der Waals surface area contributed by atoms with Crippen LogP contribution in [0.3, 0.4) is 0 Å². The predicted octanol–water partition coefficient (Wildman–Crippen LogP) is 5.26. The van der Waals surface area contributed by atoms with E-state index >= 15 is 0 Å². The zero-order valence-electron chi connectivity index (χ0n) is 18.5. The number of nitrogens with zero attached hydrogens (tertiary/aromatic N) is 1. The zero-order chi connectivity index (χ0) is 22.5. The van der Waals surface area contributed by atoms with E-state index in [0.717, 1.165) is 64.9 Å². The first-order valence-corrected chi connectivity index (χ1v) is 11.4. The third-order valence-electron chi connectivity index (χ3n) is 6.88. The van der Waals surface area contributed by atoms with Crippen molar-refractivity contribution in [3.05, 3.63) is 75.6 Å². The molecule has 1 saturated heterocycles. The number of aryl methyl sites for hydroxylation is 1. The Balaban J connectivity index is 1.55. The maximum absolute atomic E-state index is 12.0. The molecule has 1 fully saturated rings. The number of phenols is 1. The summed E-state index contributed by atoms with van der Waals surface area (Å²) >= 11 is 0. The fourth-order valence-corrected chi connectivity index (χ4v) is 5.25. The summed E-state index contributed by atoms with van der Waals surface area (Å²) in [6.07, 6.45) is 3.48. The Morgan fingerprint density at radius 1 is 0.879 bits per heavy atom. The van der Waals surface area contributed by atoms with E-state index < -0.39 is 0 Å². The van der Waals surface area contributed by atoms with Crippen LogP contribution >= 0.6 is 0 Å². The number of hydrogen-bond donors (Lipinski definition) is 1. The first-order valence-electron chi connectivity index (χ1n) is 11.4. The molecule has 1 atom stereocenters. The Hall–Kier alpha value is -3.51. The molecule has 4 aromatic rings. The highest BCUT2D eigenvalue weighted by molar-refractivity contribution is 6.07. The minimum atomic E-state index is -0.386. The first kappa shape index (κ1) is 20.1. The summed E-state index contributed by atoms with van der Waals surface area (Å²) in [7, 11) is 0. The molecule has 0 aliphatic carbocycles. The van der Waals surface area contributed by atoms with Gasteiger partial charge in [-0.3, -0.25) is 4.90 Å². The number of piperidine rings is 1. The van der Waals surface area contributed by atoms with Gasteiger partial charge in [0.25, 0.3) is 0 Å². The van der Waals surface area contributed by atoms with Crippen LogP contribution in [0.15, 0.2) is 57.7 Å². The number of rotatable bonds is 3. The van der Waals surface area contributed by atoms with E-state index in [1.54, 1.807) is 0 Å². The maximum Gasteiger partial charge on any atom is 0.336 e. The number of ether oxygens (including phenoxy) is 2. The summed E-state index contributed by atoms with van der Waals surface area (Å²) < 4.78 is 16.7. The molecule has 3 aromatic carbocycles. The quantitative estimate of drug-likeness (QED) is 0.344. The van der Waals surface area contributed by atoms with Crippen LogP contribution in [0.4, 0.5) is 0 Å². The summed E-state index contributed by atoms with van der Waals surface area (Å²) in [5.41, 5.74) is 2.87. The van der Waals surface area contributed by atoms with E-state index in [9.17, 15) is 9.90 Å². The Labute approximate surface area is 191 Å². The third kappa shape index (κ3) is 3.33. The molecule has 2 aliphatic heterocycles. The molecule has 0 spiro atoms. The maximum atomic E-state index is 12.0. The van der Waals surface area contributed by atoms with Crippen LogP contribution in [-0.2, 0) is 0 Å². The van der Waals surface area contributed by atoms with Crippen molar-refractivity contribution in [1.29, 1.82) is 0 Å². The van der Waals surface area contributed by atoms with Crippen molar-refractivity contribution in [2.75, 3.05) is 19.9 Å². The fraction of sp³-hybridized carbons (Fsp3) is 0.296. The summed E-state index contributed by atoms with van der Waals surface area (Å²) in [5.74, 6) is 1.69. The Bertz CT molecular complexity index is 1430. The lowest BCUT2D eigenvalue weighted by atomic mass is 9.91. The molecular weight excluding hydrogens is 418 g/mol. The third-order valence-corrected chi connectivity index (χ3v) is 6.88. The van der Waals surface area contributed by atoms with Crippen LogP contribution in [0.25, 0.3) is 21.7 Å². The van der Waals surface area contributed by atoms with Gasteiger partial charge in [-0.1, -0.05) is 24.6 Å². The molecule has 0 amide bonds. The van der Waals surface area contributed by atoms with Gasteiger partial charge in [0.1, 0.15) is 11.3 Å². The highest BCUT2D eigenvalue weighted by Gasteiger charge is 2.29. The van der Waals surface area contributed by atoms with E-state index in [1.807, 2.05) is 43.3 Å². The minimum absolute atomic E-state index is 0.121. The van der Waals surface area contributed by atoms with Crippen LogP contribution in [0.2, 0.25) is 0 Å². The topological polar surface area (TPSA) is 72.1 Å². The first-order chi connectivity index (χ1) is 16.1. The molecule has 6 nitrogen and oxygen atoms in total. The largest absolute Gasteiger partial charge is 0.507 e. The lowest BCUT2D eigenvalue weighted by Crippen LogP contribution is -2.34. The van der Waals surface area contributed by atoms with Crippen molar-refractivity contribution < 1.29 is 19.0 Å². The van der Waals surface area contributed by atoms with E-state index in [-0.39, 0.29) is 24.2 Å². The van der Waals surface area contributed by atoms with Crippen LogP contribution in [0.5, 0.6) is 17.2 Å². The highest BCUT2D eigenvalue weighted by atomic mass is 16.7. The molecule has 168 valence electrons. The second-order valence-corrected chi connectivity index (χ2v) is 8.90. The summed E-state index contributed by atoms with van der Waals surface area (Å²) in [4.78, 5) is 14.5. The molecular formula is C27H25NO5. The smallest absolute Gasteiger partial charge is 0.336 e. The number of hydrogen-bond acceptors (Lipinski definition) is 6. The van der Waals surface area contributed by atoms with Crippen molar-refractivity contribution in [3.8, 4) is 17.2 Å².